The highest BCUT2D eigenvalue weighted by Crippen LogP contribution is 2.30. The van der Waals surface area contributed by atoms with Crippen LogP contribution in [0.1, 0.15) is 5.56 Å². The molecule has 0 aliphatic rings. The molecule has 0 fully saturated rings. The standard InChI is InChI=1S/C12H9F4NO2/c1-6-8(13)9(14)10(15)11(16)12(6)17(2)7(19)4-3-5-18/h3-5H,1-2H3/b4-3-. The minimum absolute atomic E-state index is 0.306. The molecule has 0 unspecified atom stereocenters. The predicted octanol–water partition coefficient (Wildman–Crippen LogP) is 2.27. The molecule has 0 aliphatic heterocycles. The van der Waals surface area contributed by atoms with Gasteiger partial charge in [-0.2, -0.15) is 0 Å². The number of aldehydes is 1. The number of benzene rings is 1. The van der Waals surface area contributed by atoms with Crippen LogP contribution in [0.15, 0.2) is 12.2 Å². The fourth-order valence-corrected chi connectivity index (χ4v) is 1.47. The summed E-state index contributed by atoms with van der Waals surface area (Å²) in [5.41, 5.74) is -1.27. The molecule has 0 bridgehead atoms. The lowest BCUT2D eigenvalue weighted by Crippen LogP contribution is -2.27. The van der Waals surface area contributed by atoms with Gasteiger partial charge in [0.1, 0.15) is 6.29 Å². The maximum absolute atomic E-state index is 13.6. The molecule has 0 saturated heterocycles. The van der Waals surface area contributed by atoms with Gasteiger partial charge in [-0.05, 0) is 13.0 Å². The van der Waals surface area contributed by atoms with Crippen molar-refractivity contribution in [2.75, 3.05) is 11.9 Å². The van der Waals surface area contributed by atoms with E-state index < -0.39 is 40.4 Å². The van der Waals surface area contributed by atoms with Crippen LogP contribution in [0.3, 0.4) is 0 Å². The van der Waals surface area contributed by atoms with Crippen LogP contribution in [0, 0.1) is 30.2 Å². The predicted molar refractivity (Wildman–Crippen MR) is 59.6 cm³/mol. The van der Waals surface area contributed by atoms with E-state index in [1.807, 2.05) is 0 Å². The maximum atomic E-state index is 13.6. The van der Waals surface area contributed by atoms with Crippen LogP contribution in [-0.2, 0) is 9.59 Å². The Bertz CT molecular complexity index is 540. The Hall–Kier alpha value is -2.18. The van der Waals surface area contributed by atoms with Crippen molar-refractivity contribution in [3.63, 3.8) is 0 Å². The Labute approximate surface area is 106 Å². The van der Waals surface area contributed by atoms with Gasteiger partial charge < -0.3 is 4.90 Å². The number of allylic oxidation sites excluding steroid dienone is 1. The molecule has 0 aromatic heterocycles. The summed E-state index contributed by atoms with van der Waals surface area (Å²) in [7, 11) is 1.04. The molecule has 1 aromatic rings. The van der Waals surface area contributed by atoms with Gasteiger partial charge in [0.15, 0.2) is 23.3 Å². The van der Waals surface area contributed by atoms with E-state index in [4.69, 9.17) is 0 Å². The first-order chi connectivity index (χ1) is 8.82. The third-order valence-corrected chi connectivity index (χ3v) is 2.45. The summed E-state index contributed by atoms with van der Waals surface area (Å²) in [5.74, 6) is -8.08. The van der Waals surface area contributed by atoms with E-state index in [1.54, 1.807) is 0 Å². The summed E-state index contributed by atoms with van der Waals surface area (Å²) in [4.78, 5) is 22.1. The molecule has 1 rings (SSSR count). The van der Waals surface area contributed by atoms with E-state index in [9.17, 15) is 27.2 Å². The zero-order valence-corrected chi connectivity index (χ0v) is 10.0. The molecule has 1 aromatic carbocycles. The molecule has 3 nitrogen and oxygen atoms in total. The molecular weight excluding hydrogens is 266 g/mol. The number of carbonyl (C=O) groups excluding carboxylic acids is 2. The molecule has 19 heavy (non-hydrogen) atoms. The zero-order valence-electron chi connectivity index (χ0n) is 10.0. The Balaban J connectivity index is 3.39. The van der Waals surface area contributed by atoms with E-state index in [0.717, 1.165) is 26.1 Å². The molecule has 1 amide bonds. The maximum Gasteiger partial charge on any atom is 0.250 e. The highest BCUT2D eigenvalue weighted by molar-refractivity contribution is 6.03. The van der Waals surface area contributed by atoms with Crippen molar-refractivity contribution in [3.8, 4) is 0 Å². The number of amides is 1. The van der Waals surface area contributed by atoms with E-state index in [1.165, 1.54) is 0 Å². The third kappa shape index (κ3) is 2.64. The molecule has 102 valence electrons. The minimum Gasteiger partial charge on any atom is -0.309 e. The first-order valence-electron chi connectivity index (χ1n) is 5.05. The SMILES string of the molecule is Cc1c(F)c(F)c(F)c(F)c1N(C)C(=O)/C=C\C=O. The summed E-state index contributed by atoms with van der Waals surface area (Å²) in [6, 6.07) is 0. The van der Waals surface area contributed by atoms with E-state index in [2.05, 4.69) is 0 Å². The average molecular weight is 275 g/mol. The van der Waals surface area contributed by atoms with Crippen LogP contribution in [0.5, 0.6) is 0 Å². The Morgan fingerprint density at radius 2 is 1.58 bits per heavy atom. The van der Waals surface area contributed by atoms with Crippen LogP contribution < -0.4 is 4.90 Å². The molecule has 0 spiro atoms. The fourth-order valence-electron chi connectivity index (χ4n) is 1.47. The van der Waals surface area contributed by atoms with Gasteiger partial charge >= 0.3 is 0 Å². The number of hydrogen-bond acceptors (Lipinski definition) is 2. The largest absolute Gasteiger partial charge is 0.309 e. The number of carbonyl (C=O) groups is 2. The first kappa shape index (κ1) is 14.9. The monoisotopic (exact) mass is 275 g/mol. The summed E-state index contributed by atoms with van der Waals surface area (Å²) in [6.45, 7) is 1.00. The summed E-state index contributed by atoms with van der Waals surface area (Å²) in [5, 5.41) is 0. The second-order valence-corrected chi connectivity index (χ2v) is 3.62. The number of rotatable bonds is 3. The Morgan fingerprint density at radius 1 is 1.05 bits per heavy atom. The van der Waals surface area contributed by atoms with E-state index >= 15 is 0 Å². The van der Waals surface area contributed by atoms with Gasteiger partial charge in [0.2, 0.25) is 0 Å². The van der Waals surface area contributed by atoms with Gasteiger partial charge in [-0.1, -0.05) is 0 Å². The minimum atomic E-state index is -2.00. The van der Waals surface area contributed by atoms with E-state index in [-0.39, 0.29) is 0 Å². The summed E-state index contributed by atoms with van der Waals surface area (Å²) >= 11 is 0. The average Bonchev–Trinajstić information content (AvgIpc) is 2.40. The highest BCUT2D eigenvalue weighted by atomic mass is 19.2. The molecule has 7 heteroatoms. The third-order valence-electron chi connectivity index (χ3n) is 2.45. The number of hydrogen-bond donors (Lipinski definition) is 0. The summed E-state index contributed by atoms with van der Waals surface area (Å²) in [6.07, 6.45) is 1.92. The van der Waals surface area contributed by atoms with Gasteiger partial charge in [0, 0.05) is 18.7 Å². The van der Waals surface area contributed by atoms with Crippen LogP contribution >= 0.6 is 0 Å². The molecule has 0 heterocycles. The van der Waals surface area contributed by atoms with Gasteiger partial charge in [-0.25, -0.2) is 17.6 Å². The molecule has 0 saturated carbocycles. The quantitative estimate of drug-likeness (QED) is 0.279. The zero-order chi connectivity index (χ0) is 14.7. The van der Waals surface area contributed by atoms with Crippen LogP contribution in [0.4, 0.5) is 23.2 Å². The van der Waals surface area contributed by atoms with Crippen molar-refractivity contribution >= 4 is 17.9 Å². The lowest BCUT2D eigenvalue weighted by atomic mass is 10.1. The number of nitrogens with zero attached hydrogens (tertiary/aromatic N) is 1. The number of likely N-dealkylation sites (N-methyl/N-ethyl adjacent to an activating group) is 1. The van der Waals surface area contributed by atoms with Crippen molar-refractivity contribution < 1.29 is 27.2 Å². The van der Waals surface area contributed by atoms with Crippen LogP contribution in [0.25, 0.3) is 0 Å². The van der Waals surface area contributed by atoms with Crippen LogP contribution in [-0.4, -0.2) is 19.2 Å². The lowest BCUT2D eigenvalue weighted by Gasteiger charge is -2.19. The van der Waals surface area contributed by atoms with Crippen molar-refractivity contribution in [2.24, 2.45) is 0 Å². The molecular formula is C12H9F4NO2. The van der Waals surface area contributed by atoms with E-state index in [0.29, 0.717) is 11.2 Å². The second-order valence-electron chi connectivity index (χ2n) is 3.62. The first-order valence-corrected chi connectivity index (χ1v) is 5.05. The number of anilines is 1. The normalized spacial score (nSPS) is 10.8. The second kappa shape index (κ2) is 5.64. The van der Waals surface area contributed by atoms with Gasteiger partial charge in [0.25, 0.3) is 5.91 Å². The van der Waals surface area contributed by atoms with Crippen molar-refractivity contribution in [3.05, 3.63) is 41.0 Å². The van der Waals surface area contributed by atoms with Crippen LogP contribution in [0.2, 0.25) is 0 Å². The van der Waals surface area contributed by atoms with Crippen molar-refractivity contribution in [1.29, 1.82) is 0 Å². The topological polar surface area (TPSA) is 37.4 Å². The van der Waals surface area contributed by atoms with Crippen molar-refractivity contribution in [1.82, 2.24) is 0 Å². The van der Waals surface area contributed by atoms with Crippen molar-refractivity contribution in [2.45, 2.75) is 6.92 Å². The van der Waals surface area contributed by atoms with Gasteiger partial charge in [-0.3, -0.25) is 9.59 Å². The molecule has 0 aliphatic carbocycles. The lowest BCUT2D eigenvalue weighted by molar-refractivity contribution is -0.114. The highest BCUT2D eigenvalue weighted by Gasteiger charge is 2.26. The summed E-state index contributed by atoms with van der Waals surface area (Å²) < 4.78 is 52.9. The Kier molecular flexibility index (Phi) is 4.42. The molecule has 0 atom stereocenters. The fraction of sp³-hybridized carbons (Fsp3) is 0.167. The Morgan fingerprint density at radius 3 is 2.11 bits per heavy atom. The van der Waals surface area contributed by atoms with Gasteiger partial charge in [-0.15, -0.1) is 0 Å². The molecule has 0 radical (unpaired) electrons. The van der Waals surface area contributed by atoms with Gasteiger partial charge in [0.05, 0.1) is 5.69 Å². The smallest absolute Gasteiger partial charge is 0.250 e. The number of halogens is 4. The molecule has 0 N–H and O–H groups in total.